The summed E-state index contributed by atoms with van der Waals surface area (Å²) >= 11 is 0. The molecule has 0 amide bonds. The molecule has 2 heterocycles. The molecule has 0 bridgehead atoms. The normalized spacial score (nSPS) is 27.4. The van der Waals surface area contributed by atoms with Gasteiger partial charge in [0, 0.05) is 19.7 Å². The second kappa shape index (κ2) is 5.44. The number of rotatable bonds is 4. The van der Waals surface area contributed by atoms with Crippen LogP contribution in [0.5, 0.6) is 0 Å². The van der Waals surface area contributed by atoms with Gasteiger partial charge in [-0.2, -0.15) is 4.98 Å². The molecular formula is C10H15N3O5. The summed E-state index contributed by atoms with van der Waals surface area (Å²) in [7, 11) is 1.51. The van der Waals surface area contributed by atoms with Crippen LogP contribution in [-0.4, -0.2) is 45.8 Å². The summed E-state index contributed by atoms with van der Waals surface area (Å²) < 4.78 is 11.7. The van der Waals surface area contributed by atoms with Crippen molar-refractivity contribution in [2.75, 3.05) is 19.2 Å². The van der Waals surface area contributed by atoms with Gasteiger partial charge in [-0.1, -0.05) is 0 Å². The van der Waals surface area contributed by atoms with E-state index in [4.69, 9.17) is 14.7 Å². The number of hydrogen-bond donors (Lipinski definition) is 3. The first-order chi connectivity index (χ1) is 8.65. The summed E-state index contributed by atoms with van der Waals surface area (Å²) in [6.45, 7) is 0.260. The number of anilines is 1. The molecule has 1 aliphatic rings. The maximum Gasteiger partial charge on any atom is 0.351 e. The van der Waals surface area contributed by atoms with E-state index in [1.807, 2.05) is 0 Å². The third-order valence-corrected chi connectivity index (χ3v) is 2.79. The van der Waals surface area contributed by atoms with Crippen LogP contribution in [0.25, 0.3) is 0 Å². The van der Waals surface area contributed by atoms with Crippen molar-refractivity contribution >= 4 is 5.82 Å². The van der Waals surface area contributed by atoms with Crippen molar-refractivity contribution in [1.82, 2.24) is 9.55 Å². The predicted octanol–water partition coefficient (Wildman–Crippen LogP) is -0.661. The molecule has 8 nitrogen and oxygen atoms in total. The molecule has 1 aromatic heterocycles. The number of aliphatic hydroxyl groups is 1. The maximum atomic E-state index is 11.7. The topological polar surface area (TPSA) is 106 Å². The molecule has 2 rings (SSSR count). The minimum Gasteiger partial charge on any atom is -0.390 e. The third-order valence-electron chi connectivity index (χ3n) is 2.79. The van der Waals surface area contributed by atoms with Crippen LogP contribution in [0, 0.1) is 0 Å². The lowest BCUT2D eigenvalue weighted by molar-refractivity contribution is -0.0546. The molecule has 3 atom stereocenters. The average molecular weight is 257 g/mol. The van der Waals surface area contributed by atoms with Gasteiger partial charge in [-0.15, -0.1) is 0 Å². The first-order valence-electron chi connectivity index (χ1n) is 5.47. The quantitative estimate of drug-likeness (QED) is 0.615. The highest BCUT2D eigenvalue weighted by atomic mass is 16.6. The highest BCUT2D eigenvalue weighted by Gasteiger charge is 2.35. The summed E-state index contributed by atoms with van der Waals surface area (Å²) in [4.78, 5) is 15.3. The summed E-state index contributed by atoms with van der Waals surface area (Å²) in [5.41, 5.74) is 1.22. The smallest absolute Gasteiger partial charge is 0.351 e. The fourth-order valence-electron chi connectivity index (χ4n) is 1.89. The molecule has 0 spiro atoms. The van der Waals surface area contributed by atoms with Gasteiger partial charge < -0.3 is 14.6 Å². The van der Waals surface area contributed by atoms with E-state index in [1.165, 1.54) is 23.9 Å². The van der Waals surface area contributed by atoms with E-state index in [0.717, 1.165) is 0 Å². The van der Waals surface area contributed by atoms with Gasteiger partial charge in [0.05, 0.1) is 12.7 Å². The van der Waals surface area contributed by atoms with E-state index >= 15 is 0 Å². The molecule has 0 aromatic carbocycles. The van der Waals surface area contributed by atoms with Gasteiger partial charge in [0.25, 0.3) is 0 Å². The average Bonchev–Trinajstić information content (AvgIpc) is 2.71. The number of ether oxygens (including phenoxy) is 2. The largest absolute Gasteiger partial charge is 0.390 e. The minimum atomic E-state index is -0.683. The Bertz CT molecular complexity index is 463. The van der Waals surface area contributed by atoms with Crippen molar-refractivity contribution in [2.24, 2.45) is 0 Å². The summed E-state index contributed by atoms with van der Waals surface area (Å²) in [5.74, 6) is 0.0586. The Kier molecular flexibility index (Phi) is 3.92. The Balaban J connectivity index is 2.16. The Morgan fingerprint density at radius 2 is 2.50 bits per heavy atom. The first-order valence-corrected chi connectivity index (χ1v) is 5.47. The van der Waals surface area contributed by atoms with Gasteiger partial charge in [0.2, 0.25) is 0 Å². The molecule has 1 saturated heterocycles. The summed E-state index contributed by atoms with van der Waals surface area (Å²) in [6.07, 6.45) is 0.0232. The van der Waals surface area contributed by atoms with Crippen LogP contribution in [0.1, 0.15) is 12.6 Å². The van der Waals surface area contributed by atoms with E-state index in [2.05, 4.69) is 4.98 Å². The molecule has 1 aromatic rings. The van der Waals surface area contributed by atoms with Crippen molar-refractivity contribution in [1.29, 1.82) is 0 Å². The van der Waals surface area contributed by atoms with Gasteiger partial charge in [0.15, 0.2) is 5.82 Å². The Morgan fingerprint density at radius 3 is 3.11 bits per heavy atom. The monoisotopic (exact) mass is 257 g/mol. The molecule has 0 saturated carbocycles. The molecule has 8 heteroatoms. The number of nitrogens with zero attached hydrogens (tertiary/aromatic N) is 2. The van der Waals surface area contributed by atoms with Crippen molar-refractivity contribution in [3.05, 3.63) is 22.7 Å². The Morgan fingerprint density at radius 1 is 1.72 bits per heavy atom. The lowest BCUT2D eigenvalue weighted by Gasteiger charge is -2.15. The molecular weight excluding hydrogens is 242 g/mol. The molecule has 0 aliphatic carbocycles. The highest BCUT2D eigenvalue weighted by Crippen LogP contribution is 2.27. The minimum absolute atomic E-state index is 0.0586. The first kappa shape index (κ1) is 13.0. The van der Waals surface area contributed by atoms with Crippen molar-refractivity contribution in [2.45, 2.75) is 24.9 Å². The molecule has 100 valence electrons. The number of hydrogen-bond acceptors (Lipinski definition) is 7. The Hall–Kier alpha value is -1.48. The van der Waals surface area contributed by atoms with Crippen molar-refractivity contribution in [3.8, 4) is 0 Å². The lowest BCUT2D eigenvalue weighted by atomic mass is 10.2. The van der Waals surface area contributed by atoms with E-state index in [1.54, 1.807) is 5.48 Å². The number of aliphatic hydroxyl groups excluding tert-OH is 1. The van der Waals surface area contributed by atoms with Crippen LogP contribution in [-0.2, 0) is 9.47 Å². The Labute approximate surface area is 103 Å². The predicted molar refractivity (Wildman–Crippen MR) is 60.3 cm³/mol. The standard InChI is InChI=1S/C10H15N3O5/c1-17-5-7-6(14)4-9(18-7)13-3-2-8(12-16)11-10(13)15/h2-3,6-7,9,14,16H,4-5H2,1H3,(H,11,12,15)/t6-,7+,9+/m0/s1. The summed E-state index contributed by atoms with van der Waals surface area (Å²) in [6, 6.07) is 1.43. The second-order valence-corrected chi connectivity index (χ2v) is 4.00. The van der Waals surface area contributed by atoms with Crippen LogP contribution >= 0.6 is 0 Å². The van der Waals surface area contributed by atoms with Crippen LogP contribution in [0.3, 0.4) is 0 Å². The zero-order chi connectivity index (χ0) is 13.1. The van der Waals surface area contributed by atoms with Gasteiger partial charge >= 0.3 is 5.69 Å². The molecule has 3 N–H and O–H groups in total. The fraction of sp³-hybridized carbons (Fsp3) is 0.600. The van der Waals surface area contributed by atoms with E-state index in [-0.39, 0.29) is 12.4 Å². The zero-order valence-corrected chi connectivity index (χ0v) is 9.81. The van der Waals surface area contributed by atoms with E-state index in [9.17, 15) is 9.90 Å². The molecule has 0 radical (unpaired) electrons. The van der Waals surface area contributed by atoms with Crippen LogP contribution in [0.2, 0.25) is 0 Å². The van der Waals surface area contributed by atoms with Crippen LogP contribution in [0.4, 0.5) is 5.82 Å². The van der Waals surface area contributed by atoms with Gasteiger partial charge in [0.1, 0.15) is 12.3 Å². The molecule has 0 unspecified atom stereocenters. The van der Waals surface area contributed by atoms with E-state index < -0.39 is 24.1 Å². The van der Waals surface area contributed by atoms with E-state index in [0.29, 0.717) is 6.42 Å². The second-order valence-electron chi connectivity index (χ2n) is 4.00. The fourth-order valence-corrected chi connectivity index (χ4v) is 1.89. The van der Waals surface area contributed by atoms with Crippen molar-refractivity contribution < 1.29 is 19.8 Å². The number of methoxy groups -OCH3 is 1. The van der Waals surface area contributed by atoms with Crippen molar-refractivity contribution in [3.63, 3.8) is 0 Å². The van der Waals surface area contributed by atoms with Gasteiger partial charge in [-0.05, 0) is 6.07 Å². The van der Waals surface area contributed by atoms with Crippen LogP contribution < -0.4 is 11.2 Å². The molecule has 1 fully saturated rings. The number of aromatic nitrogens is 2. The number of nitrogens with one attached hydrogen (secondary N) is 1. The van der Waals surface area contributed by atoms with Crippen LogP contribution in [0.15, 0.2) is 17.1 Å². The van der Waals surface area contributed by atoms with Gasteiger partial charge in [-0.3, -0.25) is 15.3 Å². The third kappa shape index (κ3) is 2.51. The lowest BCUT2D eigenvalue weighted by Crippen LogP contribution is -2.28. The molecule has 1 aliphatic heterocycles. The van der Waals surface area contributed by atoms with Gasteiger partial charge in [-0.25, -0.2) is 4.79 Å². The SMILES string of the molecule is COC[C@H]1O[C@@H](n2ccc(NO)nc2=O)C[C@@H]1O. The highest BCUT2D eigenvalue weighted by molar-refractivity contribution is 5.28. The summed E-state index contributed by atoms with van der Waals surface area (Å²) in [5, 5.41) is 18.4. The zero-order valence-electron chi connectivity index (χ0n) is 9.81. The maximum absolute atomic E-state index is 11.7. The molecule has 18 heavy (non-hydrogen) atoms.